The predicted octanol–water partition coefficient (Wildman–Crippen LogP) is 2.30. The number of ether oxygens (including phenoxy) is 2. The highest BCUT2D eigenvalue weighted by Gasteiger charge is 2.34. The summed E-state index contributed by atoms with van der Waals surface area (Å²) < 4.78 is 11.9. The summed E-state index contributed by atoms with van der Waals surface area (Å²) in [6.07, 6.45) is 0.905. The molecule has 1 aliphatic heterocycles. The first-order valence-corrected chi connectivity index (χ1v) is 7.22. The van der Waals surface area contributed by atoms with Crippen LogP contribution in [0, 0.1) is 0 Å². The predicted molar refractivity (Wildman–Crippen MR) is 83.7 cm³/mol. The highest BCUT2D eigenvalue weighted by molar-refractivity contribution is 9.10. The Hall–Kier alpha value is -0.690. The van der Waals surface area contributed by atoms with Crippen LogP contribution in [0.3, 0.4) is 0 Å². The third kappa shape index (κ3) is 3.45. The van der Waals surface area contributed by atoms with Crippen molar-refractivity contribution < 1.29 is 9.47 Å². The molecule has 0 aromatic heterocycles. The van der Waals surface area contributed by atoms with E-state index >= 15 is 0 Å². The third-order valence-corrected chi connectivity index (χ3v) is 4.23. The van der Waals surface area contributed by atoms with Gasteiger partial charge in [0, 0.05) is 42.4 Å². The van der Waals surface area contributed by atoms with Crippen molar-refractivity contribution in [2.75, 3.05) is 32.2 Å². The van der Waals surface area contributed by atoms with Crippen LogP contribution < -0.4 is 11.1 Å². The lowest BCUT2D eigenvalue weighted by Gasteiger charge is -2.26. The molecule has 3 N–H and O–H groups in total. The zero-order valence-electron chi connectivity index (χ0n) is 10.7. The zero-order chi connectivity index (χ0) is 13.9. The standard InChI is InChI=1S/C13H17BrN2O2S/c1-17-13(4-5-18-8-13)7-16-9-2-3-10(12(15)19)11(14)6-9/h2-3,6,16H,4-5,7-8H2,1H3,(H2,15,19). The molecule has 19 heavy (non-hydrogen) atoms. The van der Waals surface area contributed by atoms with E-state index < -0.39 is 0 Å². The maximum absolute atomic E-state index is 5.63. The lowest BCUT2D eigenvalue weighted by atomic mass is 10.0. The molecule has 0 saturated carbocycles. The molecule has 6 heteroatoms. The first kappa shape index (κ1) is 14.7. The van der Waals surface area contributed by atoms with Crippen LogP contribution in [0.25, 0.3) is 0 Å². The number of hydrogen-bond donors (Lipinski definition) is 2. The first-order valence-electron chi connectivity index (χ1n) is 6.02. The summed E-state index contributed by atoms with van der Waals surface area (Å²) in [7, 11) is 1.72. The van der Waals surface area contributed by atoms with E-state index in [1.807, 2.05) is 18.2 Å². The van der Waals surface area contributed by atoms with Gasteiger partial charge in [-0.1, -0.05) is 12.2 Å². The molecule has 1 aromatic carbocycles. The maximum atomic E-state index is 5.63. The number of methoxy groups -OCH3 is 1. The average molecular weight is 345 g/mol. The molecule has 0 bridgehead atoms. The van der Waals surface area contributed by atoms with Crippen LogP contribution in [-0.2, 0) is 9.47 Å². The highest BCUT2D eigenvalue weighted by Crippen LogP contribution is 2.25. The van der Waals surface area contributed by atoms with Crippen LogP contribution in [0.1, 0.15) is 12.0 Å². The Morgan fingerprint density at radius 2 is 2.42 bits per heavy atom. The van der Waals surface area contributed by atoms with Gasteiger partial charge in [-0.05, 0) is 34.1 Å². The summed E-state index contributed by atoms with van der Waals surface area (Å²) in [4.78, 5) is 0.385. The Bertz CT molecular complexity index is 476. The highest BCUT2D eigenvalue weighted by atomic mass is 79.9. The number of hydrogen-bond acceptors (Lipinski definition) is 4. The molecule has 2 rings (SSSR count). The van der Waals surface area contributed by atoms with Crippen molar-refractivity contribution in [2.45, 2.75) is 12.0 Å². The first-order chi connectivity index (χ1) is 9.06. The molecule has 0 amide bonds. The van der Waals surface area contributed by atoms with Crippen LogP contribution >= 0.6 is 28.1 Å². The summed E-state index contributed by atoms with van der Waals surface area (Å²) in [5.74, 6) is 0. The Balaban J connectivity index is 2.03. The summed E-state index contributed by atoms with van der Waals surface area (Å²) in [6, 6.07) is 5.82. The molecule has 1 unspecified atom stereocenters. The van der Waals surface area contributed by atoms with E-state index in [0.29, 0.717) is 18.1 Å². The monoisotopic (exact) mass is 344 g/mol. The minimum atomic E-state index is -0.228. The van der Waals surface area contributed by atoms with Crippen LogP contribution in [0.5, 0.6) is 0 Å². The van der Waals surface area contributed by atoms with Gasteiger partial charge < -0.3 is 20.5 Å². The van der Waals surface area contributed by atoms with Gasteiger partial charge >= 0.3 is 0 Å². The summed E-state index contributed by atoms with van der Waals surface area (Å²) >= 11 is 8.44. The molecule has 1 fully saturated rings. The Morgan fingerprint density at radius 3 is 2.95 bits per heavy atom. The minimum absolute atomic E-state index is 0.228. The Kier molecular flexibility index (Phi) is 4.78. The number of benzene rings is 1. The van der Waals surface area contributed by atoms with Crippen molar-refractivity contribution >= 4 is 38.8 Å². The number of nitrogens with one attached hydrogen (secondary N) is 1. The molecule has 1 heterocycles. The fraction of sp³-hybridized carbons (Fsp3) is 0.462. The van der Waals surface area contributed by atoms with Crippen molar-refractivity contribution in [1.82, 2.24) is 0 Å². The summed E-state index contributed by atoms with van der Waals surface area (Å²) in [6.45, 7) is 2.09. The molecule has 1 saturated heterocycles. The van der Waals surface area contributed by atoms with E-state index in [0.717, 1.165) is 28.8 Å². The van der Waals surface area contributed by atoms with E-state index in [-0.39, 0.29) is 5.60 Å². The van der Waals surface area contributed by atoms with Crippen LogP contribution in [-0.4, -0.2) is 37.5 Å². The van der Waals surface area contributed by atoms with Crippen molar-refractivity contribution in [2.24, 2.45) is 5.73 Å². The van der Waals surface area contributed by atoms with E-state index in [1.54, 1.807) is 7.11 Å². The molecule has 1 atom stereocenters. The van der Waals surface area contributed by atoms with Crippen LogP contribution in [0.2, 0.25) is 0 Å². The van der Waals surface area contributed by atoms with Crippen molar-refractivity contribution in [3.8, 4) is 0 Å². The molecule has 0 spiro atoms. The second-order valence-electron chi connectivity index (χ2n) is 4.60. The van der Waals surface area contributed by atoms with Crippen molar-refractivity contribution in [3.63, 3.8) is 0 Å². The van der Waals surface area contributed by atoms with E-state index in [1.165, 1.54) is 0 Å². The van der Waals surface area contributed by atoms with Crippen molar-refractivity contribution in [1.29, 1.82) is 0 Å². The molecule has 104 valence electrons. The zero-order valence-corrected chi connectivity index (χ0v) is 13.1. The minimum Gasteiger partial charge on any atom is -0.389 e. The largest absolute Gasteiger partial charge is 0.389 e. The molecule has 4 nitrogen and oxygen atoms in total. The van der Waals surface area contributed by atoms with E-state index in [9.17, 15) is 0 Å². The fourth-order valence-electron chi connectivity index (χ4n) is 2.05. The second-order valence-corrected chi connectivity index (χ2v) is 5.90. The van der Waals surface area contributed by atoms with Gasteiger partial charge in [0.25, 0.3) is 0 Å². The topological polar surface area (TPSA) is 56.5 Å². The average Bonchev–Trinajstić information content (AvgIpc) is 2.85. The SMILES string of the molecule is COC1(CNc2ccc(C(N)=S)c(Br)c2)CCOC1. The second kappa shape index (κ2) is 6.17. The van der Waals surface area contributed by atoms with Gasteiger partial charge in [-0.2, -0.15) is 0 Å². The Morgan fingerprint density at radius 1 is 1.63 bits per heavy atom. The number of anilines is 1. The lowest BCUT2D eigenvalue weighted by molar-refractivity contribution is -0.00619. The lowest BCUT2D eigenvalue weighted by Crippen LogP contribution is -2.39. The smallest absolute Gasteiger partial charge is 0.110 e. The van der Waals surface area contributed by atoms with Gasteiger partial charge in [-0.25, -0.2) is 0 Å². The van der Waals surface area contributed by atoms with Crippen LogP contribution in [0.4, 0.5) is 5.69 Å². The van der Waals surface area contributed by atoms with E-state index in [2.05, 4.69) is 21.2 Å². The van der Waals surface area contributed by atoms with E-state index in [4.69, 9.17) is 27.4 Å². The summed E-state index contributed by atoms with van der Waals surface area (Å²) in [5.41, 5.74) is 7.23. The van der Waals surface area contributed by atoms with Gasteiger partial charge in [0.2, 0.25) is 0 Å². The molecule has 0 radical (unpaired) electrons. The molecular formula is C13H17BrN2O2S. The number of rotatable bonds is 5. The third-order valence-electron chi connectivity index (χ3n) is 3.35. The van der Waals surface area contributed by atoms with Crippen molar-refractivity contribution in [3.05, 3.63) is 28.2 Å². The number of thiocarbonyl (C=S) groups is 1. The number of nitrogens with two attached hydrogens (primary N) is 1. The van der Waals surface area contributed by atoms with Gasteiger partial charge in [0.05, 0.1) is 6.61 Å². The summed E-state index contributed by atoms with van der Waals surface area (Å²) in [5, 5.41) is 3.37. The fourth-order valence-corrected chi connectivity index (χ4v) is 2.95. The van der Waals surface area contributed by atoms with Gasteiger partial charge in [0.15, 0.2) is 0 Å². The van der Waals surface area contributed by atoms with Gasteiger partial charge in [0.1, 0.15) is 10.6 Å². The molecule has 1 aromatic rings. The van der Waals surface area contributed by atoms with Crippen LogP contribution in [0.15, 0.2) is 22.7 Å². The normalized spacial score (nSPS) is 22.4. The van der Waals surface area contributed by atoms with Gasteiger partial charge in [-0.3, -0.25) is 0 Å². The maximum Gasteiger partial charge on any atom is 0.110 e. The molecule has 0 aliphatic carbocycles. The molecule has 1 aliphatic rings. The quantitative estimate of drug-likeness (QED) is 0.802. The molecular weight excluding hydrogens is 328 g/mol. The number of halogens is 1. The Labute approximate surface area is 126 Å². The van der Waals surface area contributed by atoms with Gasteiger partial charge in [-0.15, -0.1) is 0 Å².